The fraction of sp³-hybridized carbons (Fsp3) is 0.529. The lowest BCUT2D eigenvalue weighted by Gasteiger charge is -2.23. The van der Waals surface area contributed by atoms with Gasteiger partial charge in [0.2, 0.25) is 10.0 Å². The van der Waals surface area contributed by atoms with Crippen LogP contribution < -0.4 is 0 Å². The van der Waals surface area contributed by atoms with E-state index in [2.05, 4.69) is 0 Å². The van der Waals surface area contributed by atoms with Gasteiger partial charge in [-0.2, -0.15) is 4.31 Å². The number of hydrogen-bond donors (Lipinski definition) is 0. The number of carbonyl (C=O) groups excluding carboxylic acids is 2. The lowest BCUT2D eigenvalue weighted by Crippen LogP contribution is -2.42. The van der Waals surface area contributed by atoms with Crippen LogP contribution >= 0.6 is 11.6 Å². The Bertz CT molecular complexity index is 769. The topological polar surface area (TPSA) is 90.0 Å². The van der Waals surface area contributed by atoms with Gasteiger partial charge < -0.3 is 9.47 Å². The van der Waals surface area contributed by atoms with Crippen LogP contribution in [0.4, 0.5) is 0 Å². The van der Waals surface area contributed by atoms with Crippen LogP contribution in [-0.2, 0) is 29.1 Å². The summed E-state index contributed by atoms with van der Waals surface area (Å²) >= 11 is 5.79. The minimum absolute atomic E-state index is 0.0498. The molecule has 1 fully saturated rings. The number of nitrogens with zero attached hydrogens (tertiary/aromatic N) is 1. The van der Waals surface area contributed by atoms with Crippen molar-refractivity contribution in [2.45, 2.75) is 50.2 Å². The number of sulfonamides is 1. The lowest BCUT2D eigenvalue weighted by molar-refractivity contribution is -0.167. The molecular weight excluding hydrogens is 382 g/mol. The monoisotopic (exact) mass is 403 g/mol. The molecule has 0 radical (unpaired) electrons. The van der Waals surface area contributed by atoms with Crippen molar-refractivity contribution in [2.24, 2.45) is 0 Å². The van der Waals surface area contributed by atoms with Crippen LogP contribution in [0.15, 0.2) is 29.2 Å². The molecule has 0 N–H and O–H groups in total. The Morgan fingerprint density at radius 2 is 1.85 bits per heavy atom. The van der Waals surface area contributed by atoms with Gasteiger partial charge in [-0.25, -0.2) is 13.2 Å². The Morgan fingerprint density at radius 3 is 2.42 bits per heavy atom. The molecule has 1 aliphatic rings. The summed E-state index contributed by atoms with van der Waals surface area (Å²) in [6.07, 6.45) is 0.860. The van der Waals surface area contributed by atoms with Crippen molar-refractivity contribution in [1.82, 2.24) is 4.31 Å². The molecule has 1 saturated heterocycles. The van der Waals surface area contributed by atoms with Crippen LogP contribution in [0.1, 0.15) is 33.6 Å². The molecule has 1 aromatic rings. The molecular formula is C17H22ClNO6S. The van der Waals surface area contributed by atoms with Gasteiger partial charge in [0, 0.05) is 11.6 Å². The number of hydrogen-bond acceptors (Lipinski definition) is 6. The highest BCUT2D eigenvalue weighted by atomic mass is 35.5. The first kappa shape index (κ1) is 20.7. The Hall–Kier alpha value is -1.64. The molecule has 0 amide bonds. The minimum Gasteiger partial charge on any atom is -0.457 e. The number of ether oxygens (including phenoxy) is 2. The molecule has 1 heterocycles. The van der Waals surface area contributed by atoms with Gasteiger partial charge in [-0.1, -0.05) is 11.6 Å². The van der Waals surface area contributed by atoms with E-state index in [0.29, 0.717) is 17.9 Å². The normalized spacial score (nSPS) is 18.5. The van der Waals surface area contributed by atoms with Crippen molar-refractivity contribution in [3.05, 3.63) is 29.3 Å². The van der Waals surface area contributed by atoms with Crippen molar-refractivity contribution < 1.29 is 27.5 Å². The van der Waals surface area contributed by atoms with E-state index in [0.717, 1.165) is 4.31 Å². The van der Waals surface area contributed by atoms with E-state index < -0.39 is 40.2 Å². The molecule has 1 aliphatic heterocycles. The second kappa shape index (κ2) is 7.94. The van der Waals surface area contributed by atoms with Gasteiger partial charge in [0.15, 0.2) is 6.61 Å². The van der Waals surface area contributed by atoms with E-state index in [1.165, 1.54) is 24.3 Å². The average molecular weight is 404 g/mol. The summed E-state index contributed by atoms with van der Waals surface area (Å²) in [6.45, 7) is 4.75. The molecule has 144 valence electrons. The van der Waals surface area contributed by atoms with Crippen molar-refractivity contribution in [3.63, 3.8) is 0 Å². The Balaban J connectivity index is 2.06. The van der Waals surface area contributed by atoms with Crippen LogP contribution in [0.25, 0.3) is 0 Å². The molecule has 0 aromatic heterocycles. The Kier molecular flexibility index (Phi) is 6.31. The summed E-state index contributed by atoms with van der Waals surface area (Å²) < 4.78 is 36.7. The molecule has 1 atom stereocenters. The van der Waals surface area contributed by atoms with Crippen LogP contribution in [-0.4, -0.2) is 49.5 Å². The average Bonchev–Trinajstić information content (AvgIpc) is 3.02. The molecule has 0 unspecified atom stereocenters. The minimum atomic E-state index is -3.86. The highest BCUT2D eigenvalue weighted by Gasteiger charge is 2.40. The Morgan fingerprint density at radius 1 is 1.23 bits per heavy atom. The van der Waals surface area contributed by atoms with Gasteiger partial charge >= 0.3 is 11.9 Å². The number of rotatable bonds is 5. The number of benzene rings is 1. The standard InChI is InChI=1S/C17H22ClNO6S/c1-17(2,3)25-15(20)11-24-16(21)14-5-4-10-19(14)26(22,23)13-8-6-12(18)7-9-13/h6-9,14H,4-5,10-11H2,1-3H3/t14-/m0/s1. The van der Waals surface area contributed by atoms with Crippen LogP contribution in [0.2, 0.25) is 5.02 Å². The molecule has 0 spiro atoms. The summed E-state index contributed by atoms with van der Waals surface area (Å²) in [5.41, 5.74) is -0.694. The van der Waals surface area contributed by atoms with Crippen molar-refractivity contribution in [2.75, 3.05) is 13.2 Å². The van der Waals surface area contributed by atoms with Crippen LogP contribution in [0.3, 0.4) is 0 Å². The predicted molar refractivity (Wildman–Crippen MR) is 95.2 cm³/mol. The van der Waals surface area contributed by atoms with Crippen LogP contribution in [0.5, 0.6) is 0 Å². The third-order valence-corrected chi connectivity index (χ3v) is 5.82. The molecule has 0 bridgehead atoms. The molecule has 2 rings (SSSR count). The highest BCUT2D eigenvalue weighted by molar-refractivity contribution is 7.89. The number of carbonyl (C=O) groups is 2. The zero-order chi connectivity index (χ0) is 19.5. The zero-order valence-corrected chi connectivity index (χ0v) is 16.5. The van der Waals surface area contributed by atoms with Gasteiger partial charge in [-0.3, -0.25) is 4.79 Å². The second-order valence-electron chi connectivity index (χ2n) is 6.92. The van der Waals surface area contributed by atoms with E-state index in [1.54, 1.807) is 20.8 Å². The SMILES string of the molecule is CC(C)(C)OC(=O)COC(=O)[C@@H]1CCCN1S(=O)(=O)c1ccc(Cl)cc1. The zero-order valence-electron chi connectivity index (χ0n) is 14.9. The highest BCUT2D eigenvalue weighted by Crippen LogP contribution is 2.27. The van der Waals surface area contributed by atoms with E-state index >= 15 is 0 Å². The summed E-state index contributed by atoms with van der Waals surface area (Å²) in [4.78, 5) is 24.0. The van der Waals surface area contributed by atoms with Gasteiger partial charge in [0.25, 0.3) is 0 Å². The maximum absolute atomic E-state index is 12.8. The van der Waals surface area contributed by atoms with Crippen molar-refractivity contribution in [3.8, 4) is 0 Å². The van der Waals surface area contributed by atoms with Gasteiger partial charge in [0.1, 0.15) is 11.6 Å². The van der Waals surface area contributed by atoms with Crippen molar-refractivity contribution >= 4 is 33.6 Å². The van der Waals surface area contributed by atoms with E-state index in [9.17, 15) is 18.0 Å². The lowest BCUT2D eigenvalue weighted by atomic mass is 10.2. The number of esters is 2. The molecule has 0 saturated carbocycles. The summed E-state index contributed by atoms with van der Waals surface area (Å²) in [5.74, 6) is -1.44. The molecule has 1 aromatic carbocycles. The van der Waals surface area contributed by atoms with E-state index in [-0.39, 0.29) is 11.4 Å². The smallest absolute Gasteiger partial charge is 0.344 e. The third kappa shape index (κ3) is 5.18. The molecule has 9 heteroatoms. The first-order valence-electron chi connectivity index (χ1n) is 8.16. The quantitative estimate of drug-likeness (QED) is 0.701. The van der Waals surface area contributed by atoms with Crippen LogP contribution in [0, 0.1) is 0 Å². The number of halogens is 1. The summed E-state index contributed by atoms with van der Waals surface area (Å²) in [7, 11) is -3.86. The third-order valence-electron chi connectivity index (χ3n) is 3.65. The maximum atomic E-state index is 12.8. The van der Waals surface area contributed by atoms with Crippen molar-refractivity contribution in [1.29, 1.82) is 0 Å². The van der Waals surface area contributed by atoms with Gasteiger partial charge in [-0.05, 0) is 57.9 Å². The predicted octanol–water partition coefficient (Wildman–Crippen LogP) is 2.38. The largest absolute Gasteiger partial charge is 0.457 e. The molecule has 7 nitrogen and oxygen atoms in total. The van der Waals surface area contributed by atoms with Gasteiger partial charge in [0.05, 0.1) is 4.90 Å². The first-order chi connectivity index (χ1) is 12.0. The first-order valence-corrected chi connectivity index (χ1v) is 9.98. The summed E-state index contributed by atoms with van der Waals surface area (Å²) in [6, 6.07) is 4.76. The van der Waals surface area contributed by atoms with E-state index in [4.69, 9.17) is 21.1 Å². The molecule has 0 aliphatic carbocycles. The fourth-order valence-electron chi connectivity index (χ4n) is 2.60. The van der Waals surface area contributed by atoms with E-state index in [1.807, 2.05) is 0 Å². The fourth-order valence-corrected chi connectivity index (χ4v) is 4.38. The van der Waals surface area contributed by atoms with Gasteiger partial charge in [-0.15, -0.1) is 0 Å². The maximum Gasteiger partial charge on any atom is 0.344 e. The Labute approximate surface area is 158 Å². The summed E-state index contributed by atoms with van der Waals surface area (Å²) in [5, 5.41) is 0.415. The molecule has 26 heavy (non-hydrogen) atoms. The second-order valence-corrected chi connectivity index (χ2v) is 9.25.